The van der Waals surface area contributed by atoms with Crippen LogP contribution in [0.4, 0.5) is 0 Å². The molecule has 0 saturated carbocycles. The van der Waals surface area contributed by atoms with Crippen molar-refractivity contribution in [2.45, 2.75) is 47.6 Å². The summed E-state index contributed by atoms with van der Waals surface area (Å²) in [7, 11) is 0. The molecule has 1 heterocycles. The average molecular weight is 316 g/mol. The van der Waals surface area contributed by atoms with Crippen molar-refractivity contribution >= 4 is 15.9 Å². The maximum atomic E-state index is 4.66. The number of rotatable bonds is 6. The molecule has 1 unspecified atom stereocenters. The van der Waals surface area contributed by atoms with Crippen molar-refractivity contribution in [2.24, 2.45) is 11.8 Å². The normalized spacial score (nSPS) is 13.6. The first-order valence-corrected chi connectivity index (χ1v) is 7.55. The van der Waals surface area contributed by atoms with E-state index in [9.17, 15) is 0 Å². The van der Waals surface area contributed by atoms with Crippen molar-refractivity contribution < 1.29 is 0 Å². The van der Waals surface area contributed by atoms with Crippen LogP contribution in [0.15, 0.2) is 4.47 Å². The van der Waals surface area contributed by atoms with E-state index in [1.807, 2.05) is 6.92 Å². The molecular weight excluding hydrogens is 290 g/mol. The van der Waals surface area contributed by atoms with E-state index in [2.05, 4.69) is 65.6 Å². The Morgan fingerprint density at radius 2 is 1.78 bits per heavy atom. The first-order chi connectivity index (χ1) is 8.34. The Morgan fingerprint density at radius 3 is 2.17 bits per heavy atom. The molecule has 0 bridgehead atoms. The molecule has 3 nitrogen and oxygen atoms in total. The fourth-order valence-electron chi connectivity index (χ4n) is 2.09. The molecular formula is C14H26BrN3. The Balaban J connectivity index is 2.81. The molecule has 0 aromatic carbocycles. The van der Waals surface area contributed by atoms with Gasteiger partial charge in [0, 0.05) is 6.54 Å². The topological polar surface area (TPSA) is 29.9 Å². The van der Waals surface area contributed by atoms with E-state index in [-0.39, 0.29) is 0 Å². The lowest BCUT2D eigenvalue weighted by Crippen LogP contribution is -2.32. The fourth-order valence-corrected chi connectivity index (χ4v) is 2.35. The maximum absolute atomic E-state index is 4.66. The van der Waals surface area contributed by atoms with Gasteiger partial charge in [-0.3, -0.25) is 4.68 Å². The summed E-state index contributed by atoms with van der Waals surface area (Å²) in [5.41, 5.74) is 2.29. The summed E-state index contributed by atoms with van der Waals surface area (Å²) < 4.78 is 3.30. The zero-order valence-corrected chi connectivity index (χ0v) is 14.0. The summed E-state index contributed by atoms with van der Waals surface area (Å²) in [5.74, 6) is 1.25. The zero-order chi connectivity index (χ0) is 13.9. The summed E-state index contributed by atoms with van der Waals surface area (Å²) in [4.78, 5) is 0. The van der Waals surface area contributed by atoms with E-state index in [1.165, 1.54) is 5.69 Å². The molecule has 0 aliphatic carbocycles. The van der Waals surface area contributed by atoms with Crippen molar-refractivity contribution in [1.29, 1.82) is 0 Å². The molecule has 0 saturated heterocycles. The van der Waals surface area contributed by atoms with Gasteiger partial charge in [0.25, 0.3) is 0 Å². The number of aromatic nitrogens is 2. The Kier molecular flexibility index (Phi) is 5.86. The number of nitrogens with zero attached hydrogens (tertiary/aromatic N) is 2. The lowest BCUT2D eigenvalue weighted by Gasteiger charge is -2.24. The highest BCUT2D eigenvalue weighted by Crippen LogP contribution is 2.26. The number of hydrogen-bond donors (Lipinski definition) is 1. The highest BCUT2D eigenvalue weighted by atomic mass is 79.9. The van der Waals surface area contributed by atoms with Gasteiger partial charge < -0.3 is 5.32 Å². The molecule has 4 heteroatoms. The van der Waals surface area contributed by atoms with Crippen molar-refractivity contribution in [3.8, 4) is 0 Å². The van der Waals surface area contributed by atoms with E-state index in [0.29, 0.717) is 17.9 Å². The molecule has 0 aliphatic rings. The lowest BCUT2D eigenvalue weighted by atomic mass is 10.0. The van der Waals surface area contributed by atoms with Gasteiger partial charge in [-0.2, -0.15) is 5.10 Å². The zero-order valence-electron chi connectivity index (χ0n) is 12.4. The molecule has 0 spiro atoms. The molecule has 0 aliphatic heterocycles. The van der Waals surface area contributed by atoms with Gasteiger partial charge in [-0.15, -0.1) is 0 Å². The largest absolute Gasteiger partial charge is 0.314 e. The van der Waals surface area contributed by atoms with Crippen molar-refractivity contribution in [3.05, 3.63) is 15.9 Å². The molecule has 1 rings (SSSR count). The second-order valence-electron chi connectivity index (χ2n) is 5.79. The van der Waals surface area contributed by atoms with Gasteiger partial charge in [-0.05, 0) is 48.2 Å². The van der Waals surface area contributed by atoms with Gasteiger partial charge in [0.2, 0.25) is 0 Å². The first kappa shape index (κ1) is 15.7. The van der Waals surface area contributed by atoms with Crippen LogP contribution in [-0.4, -0.2) is 22.9 Å². The van der Waals surface area contributed by atoms with Crippen LogP contribution in [0, 0.1) is 25.7 Å². The summed E-state index contributed by atoms with van der Waals surface area (Å²) >= 11 is 3.61. The van der Waals surface area contributed by atoms with Crippen LogP contribution in [-0.2, 0) is 0 Å². The second kappa shape index (κ2) is 6.71. The standard InChI is InChI=1S/C14H26BrN3/c1-9(2)7-16-8-13(10(3)4)18-12(6)14(15)11(5)17-18/h9-10,13,16H,7-8H2,1-6H3. The predicted molar refractivity (Wildman–Crippen MR) is 81.0 cm³/mol. The monoisotopic (exact) mass is 315 g/mol. The Labute approximate surface area is 119 Å². The number of nitrogens with one attached hydrogen (secondary N) is 1. The molecule has 1 aromatic rings. The third kappa shape index (κ3) is 3.82. The number of halogens is 1. The second-order valence-corrected chi connectivity index (χ2v) is 6.59. The summed E-state index contributed by atoms with van der Waals surface area (Å²) in [5, 5.41) is 8.20. The molecule has 1 aromatic heterocycles. The molecule has 0 amide bonds. The average Bonchev–Trinajstić information content (AvgIpc) is 2.51. The van der Waals surface area contributed by atoms with E-state index in [1.54, 1.807) is 0 Å². The van der Waals surface area contributed by atoms with E-state index < -0.39 is 0 Å². The minimum atomic E-state index is 0.411. The van der Waals surface area contributed by atoms with Gasteiger partial charge in [0.15, 0.2) is 0 Å². The summed E-state index contributed by atoms with van der Waals surface area (Å²) in [6.45, 7) is 15.2. The first-order valence-electron chi connectivity index (χ1n) is 6.76. The Hall–Kier alpha value is -0.350. The van der Waals surface area contributed by atoms with Crippen LogP contribution in [0.1, 0.15) is 45.1 Å². The quantitative estimate of drug-likeness (QED) is 0.867. The third-order valence-electron chi connectivity index (χ3n) is 3.23. The smallest absolute Gasteiger partial charge is 0.0738 e. The predicted octanol–water partition coefficient (Wildman–Crippen LogP) is 3.71. The Morgan fingerprint density at radius 1 is 1.17 bits per heavy atom. The number of hydrogen-bond acceptors (Lipinski definition) is 2. The maximum Gasteiger partial charge on any atom is 0.0738 e. The van der Waals surface area contributed by atoms with Crippen LogP contribution in [0.3, 0.4) is 0 Å². The van der Waals surface area contributed by atoms with Crippen molar-refractivity contribution in [2.75, 3.05) is 13.1 Å². The van der Waals surface area contributed by atoms with Crippen LogP contribution >= 0.6 is 15.9 Å². The van der Waals surface area contributed by atoms with Gasteiger partial charge in [-0.1, -0.05) is 27.7 Å². The van der Waals surface area contributed by atoms with Gasteiger partial charge in [0.05, 0.1) is 21.9 Å². The van der Waals surface area contributed by atoms with Crippen LogP contribution in [0.25, 0.3) is 0 Å². The van der Waals surface area contributed by atoms with Gasteiger partial charge in [-0.25, -0.2) is 0 Å². The lowest BCUT2D eigenvalue weighted by molar-refractivity contribution is 0.319. The van der Waals surface area contributed by atoms with Crippen LogP contribution < -0.4 is 5.32 Å². The third-order valence-corrected chi connectivity index (χ3v) is 4.37. The molecule has 1 atom stereocenters. The fraction of sp³-hybridized carbons (Fsp3) is 0.786. The summed E-state index contributed by atoms with van der Waals surface area (Å²) in [6.07, 6.45) is 0. The minimum absolute atomic E-state index is 0.411. The van der Waals surface area contributed by atoms with E-state index in [0.717, 1.165) is 23.3 Å². The van der Waals surface area contributed by atoms with E-state index in [4.69, 9.17) is 0 Å². The van der Waals surface area contributed by atoms with Gasteiger partial charge >= 0.3 is 0 Å². The Bertz CT molecular complexity index is 383. The molecule has 18 heavy (non-hydrogen) atoms. The SMILES string of the molecule is Cc1nn(C(CNCC(C)C)C(C)C)c(C)c1Br. The van der Waals surface area contributed by atoms with Crippen molar-refractivity contribution in [3.63, 3.8) is 0 Å². The number of aryl methyl sites for hydroxylation is 1. The van der Waals surface area contributed by atoms with Crippen LogP contribution in [0.2, 0.25) is 0 Å². The molecule has 104 valence electrons. The molecule has 0 fully saturated rings. The van der Waals surface area contributed by atoms with Crippen molar-refractivity contribution in [1.82, 2.24) is 15.1 Å². The summed E-state index contributed by atoms with van der Waals surface area (Å²) in [6, 6.07) is 0.411. The van der Waals surface area contributed by atoms with Gasteiger partial charge in [0.1, 0.15) is 0 Å². The van der Waals surface area contributed by atoms with Crippen LogP contribution in [0.5, 0.6) is 0 Å². The highest BCUT2D eigenvalue weighted by molar-refractivity contribution is 9.10. The molecule has 1 N–H and O–H groups in total. The highest BCUT2D eigenvalue weighted by Gasteiger charge is 2.20. The van der Waals surface area contributed by atoms with E-state index >= 15 is 0 Å². The molecule has 0 radical (unpaired) electrons. The minimum Gasteiger partial charge on any atom is -0.314 e.